The van der Waals surface area contributed by atoms with Crippen LogP contribution in [0.3, 0.4) is 0 Å². The fourth-order valence-electron chi connectivity index (χ4n) is 1.97. The van der Waals surface area contributed by atoms with Crippen LogP contribution in [0.15, 0.2) is 18.2 Å². The maximum atomic E-state index is 10.6. The number of hydrogen-bond donors (Lipinski definition) is 1. The maximum absolute atomic E-state index is 10.6. The van der Waals surface area contributed by atoms with Crippen LogP contribution in [-0.2, 0) is 11.2 Å². The van der Waals surface area contributed by atoms with Gasteiger partial charge in [-0.05, 0) is 31.9 Å². The molecule has 0 heterocycles. The molecule has 0 amide bonds. The molecule has 0 aliphatic carbocycles. The summed E-state index contributed by atoms with van der Waals surface area (Å²) in [5.74, 6) is -0.0227. The van der Waals surface area contributed by atoms with Gasteiger partial charge < -0.3 is 14.7 Å². The van der Waals surface area contributed by atoms with Gasteiger partial charge in [0.15, 0.2) is 0 Å². The first kappa shape index (κ1) is 14.4. The molecule has 1 aromatic rings. The standard InChI is InChI=1S/C14H21NO3/c1-4-15(5-2)12-8-6-11(7-9-14(16)17)13(10-12)18-3/h6,8,10H,4-5,7,9H2,1-3H3,(H,16,17). The van der Waals surface area contributed by atoms with Gasteiger partial charge in [-0.25, -0.2) is 0 Å². The Morgan fingerprint density at radius 1 is 1.33 bits per heavy atom. The first-order valence-electron chi connectivity index (χ1n) is 6.26. The lowest BCUT2D eigenvalue weighted by molar-refractivity contribution is -0.136. The molecule has 0 radical (unpaired) electrons. The molecule has 4 nitrogen and oxygen atoms in total. The van der Waals surface area contributed by atoms with Crippen molar-refractivity contribution in [3.05, 3.63) is 23.8 Å². The molecular formula is C14H21NO3. The third kappa shape index (κ3) is 3.65. The summed E-state index contributed by atoms with van der Waals surface area (Å²) in [6.07, 6.45) is 0.623. The molecule has 0 aliphatic rings. The quantitative estimate of drug-likeness (QED) is 0.809. The molecule has 0 aliphatic heterocycles. The maximum Gasteiger partial charge on any atom is 0.303 e. The topological polar surface area (TPSA) is 49.8 Å². The van der Waals surface area contributed by atoms with Crippen LogP contribution in [0.2, 0.25) is 0 Å². The average molecular weight is 251 g/mol. The minimum absolute atomic E-state index is 0.126. The van der Waals surface area contributed by atoms with Crippen LogP contribution in [0.5, 0.6) is 5.75 Å². The number of aryl methyl sites for hydroxylation is 1. The molecule has 1 N–H and O–H groups in total. The number of ether oxygens (including phenoxy) is 1. The Morgan fingerprint density at radius 3 is 2.50 bits per heavy atom. The molecule has 0 saturated carbocycles. The van der Waals surface area contributed by atoms with Crippen LogP contribution in [0.4, 0.5) is 5.69 Å². The van der Waals surface area contributed by atoms with E-state index in [0.29, 0.717) is 6.42 Å². The summed E-state index contributed by atoms with van der Waals surface area (Å²) in [7, 11) is 1.62. The largest absolute Gasteiger partial charge is 0.496 e. The monoisotopic (exact) mass is 251 g/mol. The molecule has 0 bridgehead atoms. The zero-order valence-corrected chi connectivity index (χ0v) is 11.3. The van der Waals surface area contributed by atoms with Gasteiger partial charge in [-0.3, -0.25) is 4.79 Å². The van der Waals surface area contributed by atoms with Gasteiger partial charge in [-0.1, -0.05) is 6.07 Å². The Balaban J connectivity index is 2.92. The lowest BCUT2D eigenvalue weighted by Gasteiger charge is -2.22. The molecule has 0 unspecified atom stereocenters. The predicted molar refractivity (Wildman–Crippen MR) is 72.5 cm³/mol. The fourth-order valence-corrected chi connectivity index (χ4v) is 1.97. The fraction of sp³-hybridized carbons (Fsp3) is 0.500. The summed E-state index contributed by atoms with van der Waals surface area (Å²) in [5, 5.41) is 8.71. The molecule has 100 valence electrons. The highest BCUT2D eigenvalue weighted by Crippen LogP contribution is 2.26. The van der Waals surface area contributed by atoms with E-state index >= 15 is 0 Å². The second-order valence-corrected chi connectivity index (χ2v) is 4.06. The van der Waals surface area contributed by atoms with Crippen molar-refractivity contribution in [3.8, 4) is 5.75 Å². The number of carboxylic acid groups (broad SMARTS) is 1. The number of carbonyl (C=O) groups is 1. The van der Waals surface area contributed by atoms with Crippen molar-refractivity contribution in [2.45, 2.75) is 26.7 Å². The minimum Gasteiger partial charge on any atom is -0.496 e. The summed E-state index contributed by atoms with van der Waals surface area (Å²) in [6, 6.07) is 5.95. The highest BCUT2D eigenvalue weighted by atomic mass is 16.5. The van der Waals surface area contributed by atoms with E-state index in [2.05, 4.69) is 18.7 Å². The molecule has 0 saturated heterocycles. The van der Waals surface area contributed by atoms with Crippen molar-refractivity contribution in [3.63, 3.8) is 0 Å². The summed E-state index contributed by atoms with van der Waals surface area (Å²) >= 11 is 0. The number of anilines is 1. The predicted octanol–water partition coefficient (Wildman–Crippen LogP) is 2.56. The summed E-state index contributed by atoms with van der Waals surface area (Å²) in [4.78, 5) is 12.8. The van der Waals surface area contributed by atoms with Crippen molar-refractivity contribution >= 4 is 11.7 Å². The Labute approximate surface area is 108 Å². The number of benzene rings is 1. The lowest BCUT2D eigenvalue weighted by Crippen LogP contribution is -2.21. The van der Waals surface area contributed by atoms with Crippen molar-refractivity contribution in [2.24, 2.45) is 0 Å². The molecule has 1 rings (SSSR count). The summed E-state index contributed by atoms with van der Waals surface area (Å²) < 4.78 is 5.34. The zero-order valence-electron chi connectivity index (χ0n) is 11.3. The van der Waals surface area contributed by atoms with Gasteiger partial charge in [-0.2, -0.15) is 0 Å². The van der Waals surface area contributed by atoms with E-state index in [1.165, 1.54) is 0 Å². The molecular weight excluding hydrogens is 230 g/mol. The number of nitrogens with zero attached hydrogens (tertiary/aromatic N) is 1. The van der Waals surface area contributed by atoms with E-state index in [9.17, 15) is 4.79 Å². The number of rotatable bonds is 7. The summed E-state index contributed by atoms with van der Waals surface area (Å²) in [6.45, 7) is 6.09. The van der Waals surface area contributed by atoms with Gasteiger partial charge in [0.05, 0.1) is 7.11 Å². The third-order valence-electron chi connectivity index (χ3n) is 3.01. The van der Waals surface area contributed by atoms with E-state index in [1.807, 2.05) is 18.2 Å². The molecule has 18 heavy (non-hydrogen) atoms. The van der Waals surface area contributed by atoms with E-state index in [0.717, 1.165) is 30.1 Å². The Kier molecular flexibility index (Phi) is 5.49. The molecule has 4 heteroatoms. The van der Waals surface area contributed by atoms with Gasteiger partial charge in [0.1, 0.15) is 5.75 Å². The SMILES string of the molecule is CCN(CC)c1ccc(CCC(=O)O)c(OC)c1. The van der Waals surface area contributed by atoms with Gasteiger partial charge in [0.25, 0.3) is 0 Å². The zero-order chi connectivity index (χ0) is 13.5. The smallest absolute Gasteiger partial charge is 0.303 e. The van der Waals surface area contributed by atoms with Crippen LogP contribution in [0, 0.1) is 0 Å². The van der Waals surface area contributed by atoms with E-state index < -0.39 is 5.97 Å². The van der Waals surface area contributed by atoms with E-state index in [1.54, 1.807) is 7.11 Å². The number of methoxy groups -OCH3 is 1. The highest BCUT2D eigenvalue weighted by Gasteiger charge is 2.09. The number of hydrogen-bond acceptors (Lipinski definition) is 3. The first-order chi connectivity index (χ1) is 8.62. The van der Waals surface area contributed by atoms with Crippen molar-refractivity contribution in [1.82, 2.24) is 0 Å². The van der Waals surface area contributed by atoms with E-state index in [4.69, 9.17) is 9.84 Å². The highest BCUT2D eigenvalue weighted by molar-refractivity contribution is 5.67. The minimum atomic E-state index is -0.787. The van der Waals surface area contributed by atoms with Crippen molar-refractivity contribution in [1.29, 1.82) is 0 Å². The second-order valence-electron chi connectivity index (χ2n) is 4.06. The van der Waals surface area contributed by atoms with Gasteiger partial charge >= 0.3 is 5.97 Å². The van der Waals surface area contributed by atoms with Crippen LogP contribution >= 0.6 is 0 Å². The Bertz CT molecular complexity index is 400. The molecule has 1 aromatic carbocycles. The normalized spacial score (nSPS) is 10.2. The first-order valence-corrected chi connectivity index (χ1v) is 6.26. The van der Waals surface area contributed by atoms with Crippen LogP contribution in [0.25, 0.3) is 0 Å². The van der Waals surface area contributed by atoms with Gasteiger partial charge in [-0.15, -0.1) is 0 Å². The lowest BCUT2D eigenvalue weighted by atomic mass is 10.1. The van der Waals surface area contributed by atoms with Crippen molar-refractivity contribution < 1.29 is 14.6 Å². The van der Waals surface area contributed by atoms with Crippen LogP contribution < -0.4 is 9.64 Å². The van der Waals surface area contributed by atoms with Crippen LogP contribution in [0.1, 0.15) is 25.8 Å². The van der Waals surface area contributed by atoms with Gasteiger partial charge in [0.2, 0.25) is 0 Å². The molecule has 0 fully saturated rings. The Morgan fingerprint density at radius 2 is 2.00 bits per heavy atom. The molecule has 0 spiro atoms. The Hall–Kier alpha value is -1.71. The number of carboxylic acids is 1. The summed E-state index contributed by atoms with van der Waals surface area (Å²) in [5.41, 5.74) is 2.05. The van der Waals surface area contributed by atoms with Gasteiger partial charge in [0, 0.05) is 31.3 Å². The van der Waals surface area contributed by atoms with Crippen molar-refractivity contribution in [2.75, 3.05) is 25.1 Å². The molecule has 0 atom stereocenters. The van der Waals surface area contributed by atoms with Crippen LogP contribution in [-0.4, -0.2) is 31.3 Å². The second kappa shape index (κ2) is 6.89. The van der Waals surface area contributed by atoms with E-state index in [-0.39, 0.29) is 6.42 Å². The average Bonchev–Trinajstić information content (AvgIpc) is 2.38. The third-order valence-corrected chi connectivity index (χ3v) is 3.01. The molecule has 0 aromatic heterocycles. The number of aliphatic carboxylic acids is 1.